The maximum atomic E-state index is 12.3. The minimum atomic E-state index is -0.176. The number of rotatable bonds is 6. The van der Waals surface area contributed by atoms with Crippen LogP contribution in [-0.2, 0) is 6.54 Å². The zero-order valence-corrected chi connectivity index (χ0v) is 14.6. The van der Waals surface area contributed by atoms with Crippen molar-refractivity contribution in [3.05, 3.63) is 48.3 Å². The van der Waals surface area contributed by atoms with Crippen molar-refractivity contribution in [3.63, 3.8) is 0 Å². The van der Waals surface area contributed by atoms with Gasteiger partial charge in [-0.3, -0.25) is 9.48 Å². The van der Waals surface area contributed by atoms with Crippen LogP contribution in [0, 0.1) is 5.92 Å². The van der Waals surface area contributed by atoms with E-state index in [1.807, 2.05) is 41.2 Å². The molecule has 0 radical (unpaired) electrons. The van der Waals surface area contributed by atoms with Gasteiger partial charge in [0.25, 0.3) is 5.91 Å². The van der Waals surface area contributed by atoms with Crippen molar-refractivity contribution < 1.29 is 9.90 Å². The highest BCUT2D eigenvalue weighted by Gasteiger charge is 2.17. The summed E-state index contributed by atoms with van der Waals surface area (Å²) in [7, 11) is 0. The standard InChI is InChI=1S/C19H26N4O2/c1-15(14-23-10-2-9-21-23)13-20-19(25)16-3-5-17(6-4-16)22-11-7-18(24)8-12-22/h2-6,9-10,15,18,24H,7-8,11-14H2,1H3,(H,20,25). The molecule has 1 saturated heterocycles. The molecule has 2 aromatic rings. The Morgan fingerprint density at radius 1 is 1.32 bits per heavy atom. The molecular weight excluding hydrogens is 316 g/mol. The van der Waals surface area contributed by atoms with E-state index in [1.54, 1.807) is 6.20 Å². The summed E-state index contributed by atoms with van der Waals surface area (Å²) >= 11 is 0. The molecule has 1 aliphatic rings. The zero-order valence-electron chi connectivity index (χ0n) is 14.6. The number of piperidine rings is 1. The molecule has 1 unspecified atom stereocenters. The van der Waals surface area contributed by atoms with Gasteiger partial charge in [0.15, 0.2) is 0 Å². The predicted molar refractivity (Wildman–Crippen MR) is 97.6 cm³/mol. The Hall–Kier alpha value is -2.34. The van der Waals surface area contributed by atoms with Crippen LogP contribution in [0.2, 0.25) is 0 Å². The lowest BCUT2D eigenvalue weighted by molar-refractivity contribution is 0.0946. The van der Waals surface area contributed by atoms with Crippen LogP contribution in [0.5, 0.6) is 0 Å². The van der Waals surface area contributed by atoms with Gasteiger partial charge in [-0.1, -0.05) is 6.92 Å². The summed E-state index contributed by atoms with van der Waals surface area (Å²) in [6.07, 6.45) is 5.12. The number of nitrogens with one attached hydrogen (secondary N) is 1. The monoisotopic (exact) mass is 342 g/mol. The van der Waals surface area contributed by atoms with Gasteiger partial charge in [-0.15, -0.1) is 0 Å². The summed E-state index contributed by atoms with van der Waals surface area (Å²) in [6.45, 7) is 5.21. The summed E-state index contributed by atoms with van der Waals surface area (Å²) < 4.78 is 1.88. The van der Waals surface area contributed by atoms with Gasteiger partial charge in [-0.05, 0) is 49.1 Å². The minimum Gasteiger partial charge on any atom is -0.393 e. The van der Waals surface area contributed by atoms with E-state index in [0.717, 1.165) is 38.2 Å². The third-order valence-electron chi connectivity index (χ3n) is 4.63. The number of benzene rings is 1. The first-order valence-electron chi connectivity index (χ1n) is 8.90. The van der Waals surface area contributed by atoms with Crippen LogP contribution in [-0.4, -0.2) is 46.5 Å². The summed E-state index contributed by atoms with van der Waals surface area (Å²) in [5.41, 5.74) is 1.78. The lowest BCUT2D eigenvalue weighted by Crippen LogP contribution is -2.35. The maximum Gasteiger partial charge on any atom is 0.251 e. The normalized spacial score (nSPS) is 16.6. The third kappa shape index (κ3) is 4.82. The number of nitrogens with zero attached hydrogens (tertiary/aromatic N) is 3. The van der Waals surface area contributed by atoms with Crippen molar-refractivity contribution in [2.45, 2.75) is 32.4 Å². The number of hydrogen-bond donors (Lipinski definition) is 2. The molecule has 2 N–H and O–H groups in total. The molecule has 1 fully saturated rings. The van der Waals surface area contributed by atoms with Gasteiger partial charge in [0.1, 0.15) is 0 Å². The van der Waals surface area contributed by atoms with Crippen LogP contribution in [0.15, 0.2) is 42.7 Å². The van der Waals surface area contributed by atoms with Crippen molar-refractivity contribution in [1.82, 2.24) is 15.1 Å². The van der Waals surface area contributed by atoms with Gasteiger partial charge < -0.3 is 15.3 Å². The molecule has 0 spiro atoms. The van der Waals surface area contributed by atoms with Crippen molar-refractivity contribution >= 4 is 11.6 Å². The number of aliphatic hydroxyl groups is 1. The lowest BCUT2D eigenvalue weighted by atomic mass is 10.1. The van der Waals surface area contributed by atoms with E-state index in [2.05, 4.69) is 22.2 Å². The Morgan fingerprint density at radius 3 is 2.68 bits per heavy atom. The molecule has 1 aliphatic heterocycles. The average molecular weight is 342 g/mol. The number of aliphatic hydroxyl groups excluding tert-OH is 1. The highest BCUT2D eigenvalue weighted by atomic mass is 16.3. The fraction of sp³-hybridized carbons (Fsp3) is 0.474. The van der Waals surface area contributed by atoms with Gasteiger partial charge in [-0.2, -0.15) is 5.10 Å². The fourth-order valence-corrected chi connectivity index (χ4v) is 3.11. The number of carbonyl (C=O) groups is 1. The van der Waals surface area contributed by atoms with Gasteiger partial charge in [0, 0.05) is 49.8 Å². The van der Waals surface area contributed by atoms with Crippen molar-refractivity contribution in [3.8, 4) is 0 Å². The van der Waals surface area contributed by atoms with Crippen molar-refractivity contribution in [2.75, 3.05) is 24.5 Å². The first-order valence-corrected chi connectivity index (χ1v) is 8.90. The molecule has 1 aromatic heterocycles. The molecule has 1 aromatic carbocycles. The van der Waals surface area contributed by atoms with E-state index < -0.39 is 0 Å². The molecule has 3 rings (SSSR count). The minimum absolute atomic E-state index is 0.0482. The number of carbonyl (C=O) groups excluding carboxylic acids is 1. The van der Waals surface area contributed by atoms with Crippen LogP contribution >= 0.6 is 0 Å². The Balaban J connectivity index is 1.48. The van der Waals surface area contributed by atoms with Gasteiger partial charge in [0.2, 0.25) is 0 Å². The summed E-state index contributed by atoms with van der Waals surface area (Å²) in [5, 5.41) is 16.8. The average Bonchev–Trinajstić information content (AvgIpc) is 3.13. The molecule has 0 bridgehead atoms. The first kappa shape index (κ1) is 17.5. The van der Waals surface area contributed by atoms with Gasteiger partial charge in [0.05, 0.1) is 6.10 Å². The van der Waals surface area contributed by atoms with Crippen LogP contribution in [0.25, 0.3) is 0 Å². The summed E-state index contributed by atoms with van der Waals surface area (Å²) in [4.78, 5) is 14.6. The molecule has 134 valence electrons. The molecular formula is C19H26N4O2. The Labute approximate surface area is 148 Å². The molecule has 1 amide bonds. The highest BCUT2D eigenvalue weighted by Crippen LogP contribution is 2.20. The van der Waals surface area contributed by atoms with E-state index in [1.165, 1.54) is 0 Å². The van der Waals surface area contributed by atoms with E-state index in [9.17, 15) is 9.90 Å². The third-order valence-corrected chi connectivity index (χ3v) is 4.63. The largest absolute Gasteiger partial charge is 0.393 e. The topological polar surface area (TPSA) is 70.4 Å². The smallest absolute Gasteiger partial charge is 0.251 e. The second-order valence-corrected chi connectivity index (χ2v) is 6.81. The molecule has 0 saturated carbocycles. The number of hydrogen-bond acceptors (Lipinski definition) is 4. The van der Waals surface area contributed by atoms with E-state index in [4.69, 9.17) is 0 Å². The van der Waals surface area contributed by atoms with Gasteiger partial charge in [-0.25, -0.2) is 0 Å². The second kappa shape index (κ2) is 8.16. The number of amides is 1. The lowest BCUT2D eigenvalue weighted by Gasteiger charge is -2.31. The van der Waals surface area contributed by atoms with Crippen LogP contribution in [0.4, 0.5) is 5.69 Å². The molecule has 2 heterocycles. The Morgan fingerprint density at radius 2 is 2.04 bits per heavy atom. The van der Waals surface area contributed by atoms with Gasteiger partial charge >= 0.3 is 0 Å². The predicted octanol–water partition coefficient (Wildman–Crippen LogP) is 1.91. The maximum absolute atomic E-state index is 12.3. The molecule has 6 heteroatoms. The highest BCUT2D eigenvalue weighted by molar-refractivity contribution is 5.94. The fourth-order valence-electron chi connectivity index (χ4n) is 3.11. The number of anilines is 1. The van der Waals surface area contributed by atoms with Crippen molar-refractivity contribution in [1.29, 1.82) is 0 Å². The summed E-state index contributed by atoms with van der Waals surface area (Å²) in [6, 6.07) is 9.61. The van der Waals surface area contributed by atoms with E-state index in [0.29, 0.717) is 18.0 Å². The second-order valence-electron chi connectivity index (χ2n) is 6.81. The molecule has 25 heavy (non-hydrogen) atoms. The summed E-state index contributed by atoms with van der Waals surface area (Å²) in [5.74, 6) is 0.260. The van der Waals surface area contributed by atoms with E-state index >= 15 is 0 Å². The SMILES string of the molecule is CC(CNC(=O)c1ccc(N2CCC(O)CC2)cc1)Cn1cccn1. The van der Waals surface area contributed by atoms with Crippen LogP contribution < -0.4 is 10.2 Å². The quantitative estimate of drug-likeness (QED) is 0.841. The van der Waals surface area contributed by atoms with Crippen molar-refractivity contribution in [2.24, 2.45) is 5.92 Å². The molecule has 6 nitrogen and oxygen atoms in total. The van der Waals surface area contributed by atoms with E-state index in [-0.39, 0.29) is 12.0 Å². The first-order chi connectivity index (χ1) is 12.1. The Bertz CT molecular complexity index is 661. The molecule has 0 aliphatic carbocycles. The van der Waals surface area contributed by atoms with Crippen LogP contribution in [0.3, 0.4) is 0 Å². The Kier molecular flexibility index (Phi) is 5.71. The number of aromatic nitrogens is 2. The zero-order chi connectivity index (χ0) is 17.6. The molecule has 1 atom stereocenters. The van der Waals surface area contributed by atoms with Crippen LogP contribution in [0.1, 0.15) is 30.1 Å².